The lowest BCUT2D eigenvalue weighted by molar-refractivity contribution is 0.0697. The number of carboxylic acids is 1. The Labute approximate surface area is 109 Å². The average Bonchev–Trinajstić information content (AvgIpc) is 2.82. The highest BCUT2D eigenvalue weighted by Gasteiger charge is 2.09. The van der Waals surface area contributed by atoms with Crippen LogP contribution in [0.3, 0.4) is 0 Å². The summed E-state index contributed by atoms with van der Waals surface area (Å²) in [7, 11) is 0. The van der Waals surface area contributed by atoms with Gasteiger partial charge in [0.05, 0.1) is 12.1 Å². The van der Waals surface area contributed by atoms with E-state index in [2.05, 4.69) is 5.32 Å². The maximum atomic E-state index is 11.9. The van der Waals surface area contributed by atoms with Crippen LogP contribution in [-0.2, 0) is 6.54 Å². The van der Waals surface area contributed by atoms with Crippen LogP contribution in [0.25, 0.3) is 0 Å². The first kappa shape index (κ1) is 12.9. The molecule has 0 bridgehead atoms. The molecule has 98 valence electrons. The van der Waals surface area contributed by atoms with Crippen molar-refractivity contribution in [3.63, 3.8) is 0 Å². The highest BCUT2D eigenvalue weighted by Crippen LogP contribution is 2.08. The second-order valence-corrected chi connectivity index (χ2v) is 4.08. The molecule has 2 aromatic rings. The number of carbonyl (C=O) groups excluding carboxylic acids is 1. The van der Waals surface area contributed by atoms with Crippen molar-refractivity contribution in [1.29, 1.82) is 0 Å². The minimum atomic E-state index is -1.06. The van der Waals surface area contributed by atoms with E-state index in [0.29, 0.717) is 11.3 Å². The van der Waals surface area contributed by atoms with E-state index in [0.717, 1.165) is 5.76 Å². The minimum Gasteiger partial charge on any atom is -0.478 e. The smallest absolute Gasteiger partial charge is 0.335 e. The number of furan rings is 1. The first-order chi connectivity index (χ1) is 9.06. The summed E-state index contributed by atoms with van der Waals surface area (Å²) in [6.07, 6.45) is 0. The molecule has 1 aromatic heterocycles. The molecule has 2 rings (SSSR count). The summed E-state index contributed by atoms with van der Waals surface area (Å²) in [6.45, 7) is 2.09. The van der Waals surface area contributed by atoms with Crippen LogP contribution in [0.15, 0.2) is 40.8 Å². The molecular weight excluding hydrogens is 246 g/mol. The van der Waals surface area contributed by atoms with Crippen molar-refractivity contribution in [3.8, 4) is 0 Å². The van der Waals surface area contributed by atoms with Crippen LogP contribution in [0.1, 0.15) is 32.2 Å². The molecule has 1 amide bonds. The van der Waals surface area contributed by atoms with E-state index in [-0.39, 0.29) is 18.0 Å². The highest BCUT2D eigenvalue weighted by atomic mass is 16.4. The first-order valence-electron chi connectivity index (χ1n) is 5.73. The topological polar surface area (TPSA) is 79.5 Å². The van der Waals surface area contributed by atoms with Gasteiger partial charge in [-0.3, -0.25) is 4.79 Å². The van der Waals surface area contributed by atoms with Crippen molar-refractivity contribution in [2.75, 3.05) is 0 Å². The summed E-state index contributed by atoms with van der Waals surface area (Å²) in [4.78, 5) is 22.7. The SMILES string of the molecule is Cc1ccc(CNC(=O)c2cccc(C(=O)O)c2)o1. The Kier molecular flexibility index (Phi) is 3.66. The molecule has 1 heterocycles. The van der Waals surface area contributed by atoms with Gasteiger partial charge < -0.3 is 14.8 Å². The van der Waals surface area contributed by atoms with Crippen LogP contribution < -0.4 is 5.32 Å². The number of nitrogens with one attached hydrogen (secondary N) is 1. The van der Waals surface area contributed by atoms with E-state index in [1.54, 1.807) is 12.1 Å². The third kappa shape index (κ3) is 3.22. The fourth-order valence-corrected chi connectivity index (χ4v) is 1.64. The molecule has 0 saturated carbocycles. The normalized spacial score (nSPS) is 10.2. The monoisotopic (exact) mass is 259 g/mol. The van der Waals surface area contributed by atoms with Crippen LogP contribution in [0.4, 0.5) is 0 Å². The Morgan fingerprint density at radius 3 is 2.58 bits per heavy atom. The number of aryl methyl sites for hydroxylation is 1. The summed E-state index contributed by atoms with van der Waals surface area (Å²) in [5.41, 5.74) is 0.393. The van der Waals surface area contributed by atoms with E-state index >= 15 is 0 Å². The molecule has 0 aliphatic rings. The summed E-state index contributed by atoms with van der Waals surface area (Å²) >= 11 is 0. The van der Waals surface area contributed by atoms with Crippen molar-refractivity contribution in [3.05, 3.63) is 59.0 Å². The summed E-state index contributed by atoms with van der Waals surface area (Å²) in [5.74, 6) is 0.0332. The van der Waals surface area contributed by atoms with Crippen molar-refractivity contribution in [2.24, 2.45) is 0 Å². The Hall–Kier alpha value is -2.56. The van der Waals surface area contributed by atoms with Crippen LogP contribution in [0.5, 0.6) is 0 Å². The zero-order chi connectivity index (χ0) is 13.8. The van der Waals surface area contributed by atoms with Gasteiger partial charge in [0, 0.05) is 5.56 Å². The zero-order valence-corrected chi connectivity index (χ0v) is 10.3. The number of hydrogen-bond acceptors (Lipinski definition) is 3. The Balaban J connectivity index is 2.03. The predicted molar refractivity (Wildman–Crippen MR) is 68.0 cm³/mol. The quantitative estimate of drug-likeness (QED) is 0.882. The number of aromatic carboxylic acids is 1. The lowest BCUT2D eigenvalue weighted by Gasteiger charge is -2.04. The van der Waals surface area contributed by atoms with Crippen molar-refractivity contribution in [2.45, 2.75) is 13.5 Å². The zero-order valence-electron chi connectivity index (χ0n) is 10.3. The summed E-state index contributed by atoms with van der Waals surface area (Å²) in [6, 6.07) is 9.47. The van der Waals surface area contributed by atoms with Gasteiger partial charge in [-0.25, -0.2) is 4.79 Å². The second kappa shape index (κ2) is 5.39. The van der Waals surface area contributed by atoms with Crippen molar-refractivity contribution in [1.82, 2.24) is 5.32 Å². The fourth-order valence-electron chi connectivity index (χ4n) is 1.64. The van der Waals surface area contributed by atoms with E-state index in [9.17, 15) is 9.59 Å². The molecule has 1 aromatic carbocycles. The fraction of sp³-hybridized carbons (Fsp3) is 0.143. The Bertz CT molecular complexity index is 615. The number of carboxylic acid groups (broad SMARTS) is 1. The molecule has 19 heavy (non-hydrogen) atoms. The van der Waals surface area contributed by atoms with Gasteiger partial charge in [0.2, 0.25) is 0 Å². The van der Waals surface area contributed by atoms with Gasteiger partial charge in [-0.2, -0.15) is 0 Å². The molecule has 0 spiro atoms. The molecule has 0 atom stereocenters. The van der Waals surface area contributed by atoms with Crippen molar-refractivity contribution >= 4 is 11.9 Å². The van der Waals surface area contributed by atoms with E-state index in [1.807, 2.05) is 13.0 Å². The van der Waals surface area contributed by atoms with Gasteiger partial charge in [-0.05, 0) is 37.3 Å². The van der Waals surface area contributed by atoms with Gasteiger partial charge in [-0.1, -0.05) is 6.07 Å². The van der Waals surface area contributed by atoms with Gasteiger partial charge >= 0.3 is 5.97 Å². The van der Waals surface area contributed by atoms with Gasteiger partial charge in [0.15, 0.2) is 0 Å². The molecule has 5 heteroatoms. The first-order valence-corrected chi connectivity index (χ1v) is 5.73. The number of carbonyl (C=O) groups is 2. The van der Waals surface area contributed by atoms with Gasteiger partial charge in [0.25, 0.3) is 5.91 Å². The van der Waals surface area contributed by atoms with Crippen LogP contribution in [0.2, 0.25) is 0 Å². The number of benzene rings is 1. The summed E-state index contributed by atoms with van der Waals surface area (Å²) < 4.78 is 5.32. The van der Waals surface area contributed by atoms with Gasteiger partial charge in [-0.15, -0.1) is 0 Å². The minimum absolute atomic E-state index is 0.0847. The lowest BCUT2D eigenvalue weighted by atomic mass is 10.1. The molecular formula is C14H13NO4. The maximum absolute atomic E-state index is 11.9. The van der Waals surface area contributed by atoms with Gasteiger partial charge in [0.1, 0.15) is 11.5 Å². The van der Waals surface area contributed by atoms with Crippen LogP contribution in [0, 0.1) is 6.92 Å². The van der Waals surface area contributed by atoms with Crippen LogP contribution >= 0.6 is 0 Å². The third-order valence-electron chi connectivity index (χ3n) is 2.59. The third-order valence-corrected chi connectivity index (χ3v) is 2.59. The second-order valence-electron chi connectivity index (χ2n) is 4.08. The number of rotatable bonds is 4. The Morgan fingerprint density at radius 1 is 1.21 bits per heavy atom. The van der Waals surface area contributed by atoms with E-state index in [4.69, 9.17) is 9.52 Å². The lowest BCUT2D eigenvalue weighted by Crippen LogP contribution is -2.22. The molecule has 0 aliphatic carbocycles. The van der Waals surface area contributed by atoms with E-state index < -0.39 is 5.97 Å². The number of amides is 1. The van der Waals surface area contributed by atoms with Crippen LogP contribution in [-0.4, -0.2) is 17.0 Å². The molecule has 0 unspecified atom stereocenters. The molecule has 0 radical (unpaired) electrons. The highest BCUT2D eigenvalue weighted by molar-refractivity contribution is 5.97. The average molecular weight is 259 g/mol. The summed E-state index contributed by atoms with van der Waals surface area (Å²) in [5, 5.41) is 11.5. The number of hydrogen-bond donors (Lipinski definition) is 2. The molecule has 0 saturated heterocycles. The molecule has 0 fully saturated rings. The predicted octanol–water partition coefficient (Wildman–Crippen LogP) is 2.22. The van der Waals surface area contributed by atoms with E-state index in [1.165, 1.54) is 18.2 Å². The largest absolute Gasteiger partial charge is 0.478 e. The maximum Gasteiger partial charge on any atom is 0.335 e. The molecule has 0 aliphatic heterocycles. The molecule has 5 nitrogen and oxygen atoms in total. The Morgan fingerprint density at radius 2 is 1.95 bits per heavy atom. The standard InChI is InChI=1S/C14H13NO4/c1-9-5-6-12(19-9)8-15-13(16)10-3-2-4-11(7-10)14(17)18/h2-7H,8H2,1H3,(H,15,16)(H,17,18). The molecule has 2 N–H and O–H groups in total. The van der Waals surface area contributed by atoms with Crippen molar-refractivity contribution < 1.29 is 19.1 Å².